The van der Waals surface area contributed by atoms with Crippen molar-refractivity contribution >= 4 is 27.6 Å². The highest BCUT2D eigenvalue weighted by Crippen LogP contribution is 2.23. The Kier molecular flexibility index (Phi) is 8.34. The molecule has 3 rings (SSSR count). The molecule has 2 aromatic rings. The fourth-order valence-electron chi connectivity index (χ4n) is 3.36. The molecule has 0 saturated carbocycles. The molecule has 6 nitrogen and oxygen atoms in total. The van der Waals surface area contributed by atoms with Crippen molar-refractivity contribution in [1.29, 1.82) is 0 Å². The highest BCUT2D eigenvalue weighted by atomic mass is 79.9. The normalized spacial score (nSPS) is 14.4. The molecule has 0 radical (unpaired) electrons. The topological polar surface area (TPSA) is 54.0 Å². The lowest BCUT2D eigenvalue weighted by Gasteiger charge is -2.29. The molecule has 0 unspecified atom stereocenters. The molecule has 0 spiro atoms. The standard InChI is InChI=1S/C22H28BrN3O3/c1-28-21-10-5-2-7-18(21)17-26(12-6-11-25-13-15-29-16-14-25)22(27)24-20-9-4-3-8-19(20)23/h2-5,7-10H,6,11-17H2,1H3,(H,24,27). The number of morpholine rings is 1. The predicted molar refractivity (Wildman–Crippen MR) is 118 cm³/mol. The zero-order valence-corrected chi connectivity index (χ0v) is 18.4. The van der Waals surface area contributed by atoms with Crippen molar-refractivity contribution in [3.63, 3.8) is 0 Å². The zero-order chi connectivity index (χ0) is 20.5. The van der Waals surface area contributed by atoms with Crippen LogP contribution in [-0.2, 0) is 11.3 Å². The fourth-order valence-corrected chi connectivity index (χ4v) is 3.74. The smallest absolute Gasteiger partial charge is 0.322 e. The third kappa shape index (κ3) is 6.45. The third-order valence-corrected chi connectivity index (χ3v) is 5.65. The molecule has 1 heterocycles. The maximum atomic E-state index is 13.1. The molecule has 0 aliphatic carbocycles. The van der Waals surface area contributed by atoms with Gasteiger partial charge in [-0.2, -0.15) is 0 Å². The number of urea groups is 1. The number of rotatable bonds is 8. The van der Waals surface area contributed by atoms with Crippen molar-refractivity contribution in [2.24, 2.45) is 0 Å². The first-order valence-electron chi connectivity index (χ1n) is 9.90. The van der Waals surface area contributed by atoms with E-state index in [-0.39, 0.29) is 6.03 Å². The van der Waals surface area contributed by atoms with Crippen LogP contribution in [-0.4, -0.2) is 62.3 Å². The van der Waals surface area contributed by atoms with E-state index in [0.29, 0.717) is 13.1 Å². The maximum absolute atomic E-state index is 13.1. The van der Waals surface area contributed by atoms with Crippen molar-refractivity contribution < 1.29 is 14.3 Å². The van der Waals surface area contributed by atoms with E-state index in [1.54, 1.807) is 7.11 Å². The number of amides is 2. The molecule has 1 fully saturated rings. The third-order valence-electron chi connectivity index (χ3n) is 4.96. The minimum absolute atomic E-state index is 0.121. The van der Waals surface area contributed by atoms with Crippen LogP contribution in [0.2, 0.25) is 0 Å². The van der Waals surface area contributed by atoms with Crippen molar-refractivity contribution in [1.82, 2.24) is 9.80 Å². The van der Waals surface area contributed by atoms with Gasteiger partial charge in [0, 0.05) is 36.2 Å². The lowest BCUT2D eigenvalue weighted by Crippen LogP contribution is -2.40. The van der Waals surface area contributed by atoms with Gasteiger partial charge in [-0.25, -0.2) is 4.79 Å². The second-order valence-electron chi connectivity index (χ2n) is 6.95. The first-order valence-corrected chi connectivity index (χ1v) is 10.7. The van der Waals surface area contributed by atoms with Gasteiger partial charge in [0.15, 0.2) is 0 Å². The molecule has 0 atom stereocenters. The van der Waals surface area contributed by atoms with Crippen molar-refractivity contribution in [2.75, 3.05) is 51.8 Å². The summed E-state index contributed by atoms with van der Waals surface area (Å²) in [5.41, 5.74) is 1.75. The fraction of sp³-hybridized carbons (Fsp3) is 0.409. The molecular weight excluding hydrogens is 434 g/mol. The SMILES string of the molecule is COc1ccccc1CN(CCCN1CCOCC1)C(=O)Nc1ccccc1Br. The lowest BCUT2D eigenvalue weighted by molar-refractivity contribution is 0.0365. The largest absolute Gasteiger partial charge is 0.496 e. The van der Waals surface area contributed by atoms with Gasteiger partial charge in [-0.3, -0.25) is 4.90 Å². The Balaban J connectivity index is 1.67. The van der Waals surface area contributed by atoms with E-state index < -0.39 is 0 Å². The van der Waals surface area contributed by atoms with Crippen molar-refractivity contribution in [3.8, 4) is 5.75 Å². The Morgan fingerprint density at radius 3 is 2.66 bits per heavy atom. The van der Waals surface area contributed by atoms with Crippen LogP contribution in [0.5, 0.6) is 5.75 Å². The summed E-state index contributed by atoms with van der Waals surface area (Å²) in [7, 11) is 1.66. The van der Waals surface area contributed by atoms with Crippen LogP contribution in [0.15, 0.2) is 53.0 Å². The van der Waals surface area contributed by atoms with Crippen molar-refractivity contribution in [3.05, 3.63) is 58.6 Å². The van der Waals surface area contributed by atoms with Gasteiger partial charge in [0.2, 0.25) is 0 Å². The molecule has 1 aliphatic heterocycles. The van der Waals surface area contributed by atoms with E-state index in [9.17, 15) is 4.79 Å². The Hall–Kier alpha value is -2.09. The Morgan fingerprint density at radius 1 is 1.17 bits per heavy atom. The van der Waals surface area contributed by atoms with Gasteiger partial charge >= 0.3 is 6.03 Å². The number of anilines is 1. The van der Waals surface area contributed by atoms with Gasteiger partial charge < -0.3 is 19.7 Å². The maximum Gasteiger partial charge on any atom is 0.322 e. The van der Waals surface area contributed by atoms with Crippen LogP contribution in [0.4, 0.5) is 10.5 Å². The highest BCUT2D eigenvalue weighted by Gasteiger charge is 2.18. The van der Waals surface area contributed by atoms with Crippen LogP contribution >= 0.6 is 15.9 Å². The summed E-state index contributed by atoms with van der Waals surface area (Å²) in [6, 6.07) is 15.3. The summed E-state index contributed by atoms with van der Waals surface area (Å²) in [4.78, 5) is 17.3. The summed E-state index contributed by atoms with van der Waals surface area (Å²) < 4.78 is 11.7. The number of benzene rings is 2. The van der Waals surface area contributed by atoms with E-state index in [4.69, 9.17) is 9.47 Å². The number of carbonyl (C=O) groups excluding carboxylic acids is 1. The molecule has 7 heteroatoms. The monoisotopic (exact) mass is 461 g/mol. The van der Waals surface area contributed by atoms with Crippen LogP contribution in [0, 0.1) is 0 Å². The number of halogens is 1. The van der Waals surface area contributed by atoms with E-state index in [1.165, 1.54) is 0 Å². The van der Waals surface area contributed by atoms with E-state index in [1.807, 2.05) is 53.4 Å². The molecule has 1 saturated heterocycles. The van der Waals surface area contributed by atoms with Crippen LogP contribution in [0.25, 0.3) is 0 Å². The number of hydrogen-bond acceptors (Lipinski definition) is 4. The molecule has 29 heavy (non-hydrogen) atoms. The molecule has 2 aromatic carbocycles. The molecule has 156 valence electrons. The van der Waals surface area contributed by atoms with Crippen molar-refractivity contribution in [2.45, 2.75) is 13.0 Å². The summed E-state index contributed by atoms with van der Waals surface area (Å²) >= 11 is 3.50. The number of nitrogens with zero attached hydrogens (tertiary/aromatic N) is 2. The number of nitrogens with one attached hydrogen (secondary N) is 1. The van der Waals surface area contributed by atoms with Crippen LogP contribution < -0.4 is 10.1 Å². The van der Waals surface area contributed by atoms with E-state index in [0.717, 1.165) is 60.7 Å². The van der Waals surface area contributed by atoms with Gasteiger partial charge in [-0.1, -0.05) is 30.3 Å². The summed E-state index contributed by atoms with van der Waals surface area (Å²) in [6.45, 7) is 5.58. The second kappa shape index (κ2) is 11.2. The molecular formula is C22H28BrN3O3. The summed E-state index contributed by atoms with van der Waals surface area (Å²) in [5.74, 6) is 0.791. The molecule has 0 aromatic heterocycles. The average Bonchev–Trinajstić information content (AvgIpc) is 2.75. The van der Waals surface area contributed by atoms with Gasteiger partial charge in [-0.05, 0) is 40.5 Å². The van der Waals surface area contributed by atoms with Gasteiger partial charge in [0.1, 0.15) is 5.75 Å². The number of carbonyl (C=O) groups is 1. The first-order chi connectivity index (χ1) is 14.2. The number of methoxy groups -OCH3 is 1. The molecule has 0 bridgehead atoms. The first kappa shape index (κ1) is 21.6. The van der Waals surface area contributed by atoms with E-state index in [2.05, 4.69) is 26.1 Å². The van der Waals surface area contributed by atoms with Crippen LogP contribution in [0.1, 0.15) is 12.0 Å². The highest BCUT2D eigenvalue weighted by molar-refractivity contribution is 9.10. The molecule has 1 N–H and O–H groups in total. The van der Waals surface area contributed by atoms with Crippen LogP contribution in [0.3, 0.4) is 0 Å². The number of hydrogen-bond donors (Lipinski definition) is 1. The number of para-hydroxylation sites is 2. The predicted octanol–water partition coefficient (Wildman–Crippen LogP) is 4.21. The lowest BCUT2D eigenvalue weighted by atomic mass is 10.2. The quantitative estimate of drug-likeness (QED) is 0.639. The van der Waals surface area contributed by atoms with E-state index >= 15 is 0 Å². The average molecular weight is 462 g/mol. The molecule has 2 amide bonds. The summed E-state index contributed by atoms with van der Waals surface area (Å²) in [5, 5.41) is 3.02. The summed E-state index contributed by atoms with van der Waals surface area (Å²) in [6.07, 6.45) is 0.901. The number of ether oxygens (including phenoxy) is 2. The van der Waals surface area contributed by atoms with Gasteiger partial charge in [0.25, 0.3) is 0 Å². The molecule has 1 aliphatic rings. The Bertz CT molecular complexity index is 796. The van der Waals surface area contributed by atoms with Gasteiger partial charge in [-0.15, -0.1) is 0 Å². The zero-order valence-electron chi connectivity index (χ0n) is 16.8. The van der Waals surface area contributed by atoms with Gasteiger partial charge in [0.05, 0.1) is 32.6 Å². The minimum Gasteiger partial charge on any atom is -0.496 e. The Labute approximate surface area is 180 Å². The minimum atomic E-state index is -0.121. The Morgan fingerprint density at radius 2 is 1.90 bits per heavy atom. The second-order valence-corrected chi connectivity index (χ2v) is 7.81.